The third-order valence-electron chi connectivity index (χ3n) is 2.93. The SMILES string of the molecule is COc1nccc(N(C)C)c1NC(=O)c1ccccc1I. The van der Waals surface area contributed by atoms with Crippen LogP contribution >= 0.6 is 22.6 Å². The van der Waals surface area contributed by atoms with Gasteiger partial charge in [0.25, 0.3) is 5.91 Å². The Morgan fingerprint density at radius 1 is 1.29 bits per heavy atom. The van der Waals surface area contributed by atoms with Gasteiger partial charge in [-0.2, -0.15) is 0 Å². The van der Waals surface area contributed by atoms with Gasteiger partial charge in [0, 0.05) is 23.9 Å². The van der Waals surface area contributed by atoms with E-state index in [0.717, 1.165) is 9.26 Å². The number of ether oxygens (including phenoxy) is 1. The number of benzene rings is 1. The minimum Gasteiger partial charge on any atom is -0.479 e. The van der Waals surface area contributed by atoms with E-state index in [9.17, 15) is 4.79 Å². The third kappa shape index (κ3) is 3.44. The van der Waals surface area contributed by atoms with Gasteiger partial charge in [0.1, 0.15) is 5.69 Å². The fourth-order valence-corrected chi connectivity index (χ4v) is 2.54. The molecule has 0 saturated heterocycles. The van der Waals surface area contributed by atoms with Gasteiger partial charge in [0.05, 0.1) is 18.4 Å². The molecule has 0 fully saturated rings. The molecule has 0 bridgehead atoms. The first kappa shape index (κ1) is 15.6. The van der Waals surface area contributed by atoms with Crippen molar-refractivity contribution in [3.63, 3.8) is 0 Å². The highest BCUT2D eigenvalue weighted by molar-refractivity contribution is 14.1. The summed E-state index contributed by atoms with van der Waals surface area (Å²) in [6.07, 6.45) is 1.65. The summed E-state index contributed by atoms with van der Waals surface area (Å²) < 4.78 is 6.14. The minimum absolute atomic E-state index is 0.186. The lowest BCUT2D eigenvalue weighted by atomic mass is 10.2. The normalized spacial score (nSPS) is 10.1. The number of aromatic nitrogens is 1. The Hall–Kier alpha value is -1.83. The number of pyridine rings is 1. The van der Waals surface area contributed by atoms with Gasteiger partial charge in [-0.3, -0.25) is 4.79 Å². The topological polar surface area (TPSA) is 54.5 Å². The highest BCUT2D eigenvalue weighted by atomic mass is 127. The van der Waals surface area contributed by atoms with Crippen LogP contribution in [0.25, 0.3) is 0 Å². The first-order chi connectivity index (χ1) is 10.0. The predicted octanol–water partition coefficient (Wildman–Crippen LogP) is 3.01. The van der Waals surface area contributed by atoms with Crippen molar-refractivity contribution in [1.82, 2.24) is 4.98 Å². The van der Waals surface area contributed by atoms with E-state index in [0.29, 0.717) is 17.1 Å². The fraction of sp³-hybridized carbons (Fsp3) is 0.200. The van der Waals surface area contributed by atoms with Crippen LogP contribution in [0.4, 0.5) is 11.4 Å². The van der Waals surface area contributed by atoms with Crippen molar-refractivity contribution in [3.8, 4) is 5.88 Å². The average Bonchev–Trinajstić information content (AvgIpc) is 2.47. The standard InChI is InChI=1S/C15H16IN3O2/c1-19(2)12-8-9-17-15(21-3)13(12)18-14(20)10-6-4-5-7-11(10)16/h4-9H,1-3H3,(H,18,20). The smallest absolute Gasteiger partial charge is 0.256 e. The number of amides is 1. The molecule has 2 aromatic rings. The maximum Gasteiger partial charge on any atom is 0.256 e. The summed E-state index contributed by atoms with van der Waals surface area (Å²) in [6, 6.07) is 9.24. The molecule has 0 aliphatic heterocycles. The summed E-state index contributed by atoms with van der Waals surface area (Å²) in [4.78, 5) is 18.5. The summed E-state index contributed by atoms with van der Waals surface area (Å²) in [6.45, 7) is 0. The van der Waals surface area contributed by atoms with Crippen LogP contribution in [-0.2, 0) is 0 Å². The molecule has 0 unspecified atom stereocenters. The number of hydrogen-bond acceptors (Lipinski definition) is 4. The Morgan fingerprint density at radius 2 is 2.00 bits per heavy atom. The molecule has 0 atom stereocenters. The maximum atomic E-state index is 12.5. The number of hydrogen-bond donors (Lipinski definition) is 1. The van der Waals surface area contributed by atoms with E-state index < -0.39 is 0 Å². The van der Waals surface area contributed by atoms with Crippen molar-refractivity contribution >= 4 is 39.9 Å². The lowest BCUT2D eigenvalue weighted by Gasteiger charge is -2.19. The molecule has 110 valence electrons. The average molecular weight is 397 g/mol. The second-order valence-corrected chi connectivity index (χ2v) is 5.70. The van der Waals surface area contributed by atoms with E-state index in [1.165, 1.54) is 7.11 Å². The van der Waals surface area contributed by atoms with Gasteiger partial charge in [0.2, 0.25) is 5.88 Å². The molecule has 1 amide bonds. The molecule has 1 heterocycles. The Balaban J connectivity index is 2.39. The Morgan fingerprint density at radius 3 is 2.62 bits per heavy atom. The van der Waals surface area contributed by atoms with Crippen LogP contribution in [0.15, 0.2) is 36.5 Å². The highest BCUT2D eigenvalue weighted by Crippen LogP contribution is 2.32. The van der Waals surface area contributed by atoms with Gasteiger partial charge < -0.3 is 15.0 Å². The van der Waals surface area contributed by atoms with Crippen LogP contribution in [0.1, 0.15) is 10.4 Å². The van der Waals surface area contributed by atoms with Gasteiger partial charge in [-0.25, -0.2) is 4.98 Å². The molecule has 21 heavy (non-hydrogen) atoms. The van der Waals surface area contributed by atoms with E-state index in [1.807, 2.05) is 43.3 Å². The first-order valence-electron chi connectivity index (χ1n) is 6.30. The number of methoxy groups -OCH3 is 1. The molecular weight excluding hydrogens is 381 g/mol. The predicted molar refractivity (Wildman–Crippen MR) is 92.2 cm³/mol. The molecule has 2 rings (SSSR count). The maximum absolute atomic E-state index is 12.5. The van der Waals surface area contributed by atoms with Crippen LogP contribution < -0.4 is 15.0 Å². The zero-order valence-electron chi connectivity index (χ0n) is 12.1. The van der Waals surface area contributed by atoms with Crippen LogP contribution in [0.5, 0.6) is 5.88 Å². The number of carbonyl (C=O) groups excluding carboxylic acids is 1. The van der Waals surface area contributed by atoms with E-state index >= 15 is 0 Å². The number of carbonyl (C=O) groups is 1. The van der Waals surface area contributed by atoms with E-state index in [4.69, 9.17) is 4.74 Å². The quantitative estimate of drug-likeness (QED) is 0.807. The fourth-order valence-electron chi connectivity index (χ4n) is 1.90. The van der Waals surface area contributed by atoms with E-state index in [2.05, 4.69) is 32.9 Å². The van der Waals surface area contributed by atoms with Gasteiger partial charge in [0.15, 0.2) is 0 Å². The Labute approximate surface area is 137 Å². The second kappa shape index (κ2) is 6.75. The summed E-state index contributed by atoms with van der Waals surface area (Å²) in [5, 5.41) is 2.90. The highest BCUT2D eigenvalue weighted by Gasteiger charge is 2.17. The second-order valence-electron chi connectivity index (χ2n) is 4.54. The van der Waals surface area contributed by atoms with Gasteiger partial charge >= 0.3 is 0 Å². The summed E-state index contributed by atoms with van der Waals surface area (Å²) >= 11 is 2.14. The summed E-state index contributed by atoms with van der Waals surface area (Å²) in [5.41, 5.74) is 2.02. The van der Waals surface area contributed by atoms with Crippen molar-refractivity contribution in [2.75, 3.05) is 31.4 Å². The Bertz CT molecular complexity index is 659. The first-order valence-corrected chi connectivity index (χ1v) is 7.38. The monoisotopic (exact) mass is 397 g/mol. The van der Waals surface area contributed by atoms with Crippen molar-refractivity contribution in [2.45, 2.75) is 0 Å². The molecule has 5 nitrogen and oxygen atoms in total. The number of nitrogens with one attached hydrogen (secondary N) is 1. The molecule has 1 aromatic carbocycles. The summed E-state index contributed by atoms with van der Waals surface area (Å²) in [5.74, 6) is 0.204. The van der Waals surface area contributed by atoms with Gasteiger partial charge in [-0.15, -0.1) is 0 Å². The number of rotatable bonds is 4. The molecule has 0 aliphatic rings. The van der Waals surface area contributed by atoms with Crippen molar-refractivity contribution in [3.05, 3.63) is 45.7 Å². The molecule has 6 heteroatoms. The third-order valence-corrected chi connectivity index (χ3v) is 3.87. The molecular formula is C15H16IN3O2. The van der Waals surface area contributed by atoms with E-state index in [-0.39, 0.29) is 5.91 Å². The molecule has 0 aliphatic carbocycles. The number of nitrogens with zero attached hydrogens (tertiary/aromatic N) is 2. The number of anilines is 2. The summed E-state index contributed by atoms with van der Waals surface area (Å²) in [7, 11) is 5.33. The Kier molecular flexibility index (Phi) is 5.00. The minimum atomic E-state index is -0.186. The van der Waals surface area contributed by atoms with E-state index in [1.54, 1.807) is 12.3 Å². The van der Waals surface area contributed by atoms with Crippen molar-refractivity contribution < 1.29 is 9.53 Å². The molecule has 0 radical (unpaired) electrons. The van der Waals surface area contributed by atoms with Crippen LogP contribution in [0, 0.1) is 3.57 Å². The van der Waals surface area contributed by atoms with Gasteiger partial charge in [-0.1, -0.05) is 12.1 Å². The number of halogens is 1. The molecule has 1 N–H and O–H groups in total. The van der Waals surface area contributed by atoms with Crippen LogP contribution in [-0.4, -0.2) is 32.1 Å². The van der Waals surface area contributed by atoms with Gasteiger partial charge in [-0.05, 0) is 40.8 Å². The zero-order chi connectivity index (χ0) is 15.4. The van der Waals surface area contributed by atoms with Crippen LogP contribution in [0.3, 0.4) is 0 Å². The van der Waals surface area contributed by atoms with Crippen molar-refractivity contribution in [2.24, 2.45) is 0 Å². The lowest BCUT2D eigenvalue weighted by Crippen LogP contribution is -2.18. The van der Waals surface area contributed by atoms with Crippen LogP contribution in [0.2, 0.25) is 0 Å². The molecule has 0 spiro atoms. The zero-order valence-corrected chi connectivity index (χ0v) is 14.2. The molecule has 0 saturated carbocycles. The largest absolute Gasteiger partial charge is 0.479 e. The van der Waals surface area contributed by atoms with Crippen molar-refractivity contribution in [1.29, 1.82) is 0 Å². The lowest BCUT2D eigenvalue weighted by molar-refractivity contribution is 0.102. The molecule has 1 aromatic heterocycles.